The second-order valence-corrected chi connectivity index (χ2v) is 7.99. The number of nitrogens with one attached hydrogen (secondary N) is 1. The lowest BCUT2D eigenvalue weighted by Crippen LogP contribution is -2.34. The Morgan fingerprint density at radius 2 is 1.86 bits per heavy atom. The van der Waals surface area contributed by atoms with Crippen molar-refractivity contribution >= 4 is 21.8 Å². The van der Waals surface area contributed by atoms with Gasteiger partial charge in [0.05, 0.1) is 22.8 Å². The third-order valence-electron chi connectivity index (χ3n) is 3.29. The maximum Gasteiger partial charge on any atom is 0.221 e. The van der Waals surface area contributed by atoms with E-state index in [1.54, 1.807) is 13.3 Å². The Balaban J connectivity index is 2.41. The molecule has 0 saturated heterocycles. The third-order valence-corrected chi connectivity index (χ3v) is 4.97. The van der Waals surface area contributed by atoms with Gasteiger partial charge in [0, 0.05) is 17.6 Å². The Morgan fingerprint density at radius 1 is 1.24 bits per heavy atom. The van der Waals surface area contributed by atoms with Crippen LogP contribution in [0.25, 0.3) is 10.8 Å². The van der Waals surface area contributed by atoms with E-state index >= 15 is 0 Å². The van der Waals surface area contributed by atoms with Crippen molar-refractivity contribution < 1.29 is 8.95 Å². The third kappa shape index (κ3) is 3.41. The second kappa shape index (κ2) is 6.12. The van der Waals surface area contributed by atoms with E-state index < -0.39 is 11.0 Å². The van der Waals surface area contributed by atoms with E-state index in [0.717, 1.165) is 16.3 Å². The fourth-order valence-electron chi connectivity index (χ4n) is 2.10. The summed E-state index contributed by atoms with van der Waals surface area (Å²) in [6.07, 6.45) is 1.79. The molecular formula is C16H22N2O2S. The largest absolute Gasteiger partial charge is 0.481 e. The van der Waals surface area contributed by atoms with Crippen LogP contribution in [-0.4, -0.2) is 21.0 Å². The van der Waals surface area contributed by atoms with Crippen molar-refractivity contribution in [2.24, 2.45) is 0 Å². The average molecular weight is 306 g/mol. The second-order valence-electron chi connectivity index (χ2n) is 5.99. The normalized spacial score (nSPS) is 14.9. The highest BCUT2D eigenvalue weighted by Crippen LogP contribution is 2.29. The van der Waals surface area contributed by atoms with Gasteiger partial charge < -0.3 is 4.74 Å². The molecule has 5 heteroatoms. The zero-order valence-electron chi connectivity index (χ0n) is 13.1. The van der Waals surface area contributed by atoms with Gasteiger partial charge in [-0.1, -0.05) is 18.2 Å². The van der Waals surface area contributed by atoms with Crippen molar-refractivity contribution in [1.82, 2.24) is 9.71 Å². The minimum Gasteiger partial charge on any atom is -0.481 e. The molecule has 0 saturated carbocycles. The number of hydrogen-bond acceptors (Lipinski definition) is 3. The molecule has 2 aromatic rings. The van der Waals surface area contributed by atoms with Crippen LogP contribution in [0.15, 0.2) is 30.5 Å². The summed E-state index contributed by atoms with van der Waals surface area (Å²) < 4.78 is 20.4. The number of methoxy groups -OCH3 is 1. The zero-order chi connectivity index (χ0) is 15.6. The number of fused-ring (bicyclic) bond motifs is 1. The van der Waals surface area contributed by atoms with Gasteiger partial charge in [0.2, 0.25) is 5.88 Å². The van der Waals surface area contributed by atoms with Gasteiger partial charge in [0.1, 0.15) is 0 Å². The molecule has 1 aromatic heterocycles. The van der Waals surface area contributed by atoms with Crippen LogP contribution >= 0.6 is 0 Å². The van der Waals surface area contributed by atoms with Crippen LogP contribution in [-0.2, 0) is 11.0 Å². The number of ether oxygens (including phenoxy) is 1. The van der Waals surface area contributed by atoms with Crippen molar-refractivity contribution in [3.8, 4) is 5.88 Å². The van der Waals surface area contributed by atoms with Crippen LogP contribution in [0.4, 0.5) is 0 Å². The number of rotatable bonds is 4. The molecule has 0 fully saturated rings. The van der Waals surface area contributed by atoms with Crippen molar-refractivity contribution in [3.63, 3.8) is 0 Å². The minimum atomic E-state index is -1.13. The summed E-state index contributed by atoms with van der Waals surface area (Å²) in [5, 5.41) is 2.03. The Kier molecular flexibility index (Phi) is 4.64. The summed E-state index contributed by atoms with van der Waals surface area (Å²) in [6.45, 7) is 7.85. The topological polar surface area (TPSA) is 51.2 Å². The first-order chi connectivity index (χ1) is 9.84. The summed E-state index contributed by atoms with van der Waals surface area (Å²) in [4.78, 5) is 4.35. The van der Waals surface area contributed by atoms with Crippen LogP contribution in [0.1, 0.15) is 39.3 Å². The van der Waals surface area contributed by atoms with E-state index in [0.29, 0.717) is 5.88 Å². The van der Waals surface area contributed by atoms with Gasteiger partial charge >= 0.3 is 0 Å². The first-order valence-electron chi connectivity index (χ1n) is 6.94. The molecule has 114 valence electrons. The highest BCUT2D eigenvalue weighted by atomic mass is 32.2. The molecule has 0 aliphatic rings. The Hall–Kier alpha value is -1.46. The van der Waals surface area contributed by atoms with Gasteiger partial charge in [-0.2, -0.15) is 0 Å². The van der Waals surface area contributed by atoms with E-state index in [4.69, 9.17) is 4.74 Å². The Labute approximate surface area is 128 Å². The van der Waals surface area contributed by atoms with Gasteiger partial charge in [0.25, 0.3) is 0 Å². The Bertz CT molecular complexity index is 665. The molecule has 0 radical (unpaired) electrons. The van der Waals surface area contributed by atoms with Gasteiger partial charge in [-0.05, 0) is 44.7 Å². The predicted molar refractivity (Wildman–Crippen MR) is 87.7 cm³/mol. The molecule has 0 bridgehead atoms. The number of hydrogen-bond donors (Lipinski definition) is 1. The van der Waals surface area contributed by atoms with E-state index in [2.05, 4.69) is 9.71 Å². The van der Waals surface area contributed by atoms with E-state index in [1.807, 2.05) is 52.0 Å². The van der Waals surface area contributed by atoms with Gasteiger partial charge in [0.15, 0.2) is 0 Å². The highest BCUT2D eigenvalue weighted by Gasteiger charge is 2.22. The molecule has 1 aromatic carbocycles. The molecule has 0 aliphatic carbocycles. The van der Waals surface area contributed by atoms with Crippen LogP contribution in [0, 0.1) is 0 Å². The van der Waals surface area contributed by atoms with Crippen molar-refractivity contribution in [1.29, 1.82) is 0 Å². The molecule has 1 heterocycles. The molecule has 0 spiro atoms. The molecule has 0 aliphatic heterocycles. The SMILES string of the molecule is COc1ncc(C(C)N[S@@](=O)C(C)(C)C)c2ccccc12. The maximum atomic E-state index is 12.3. The summed E-state index contributed by atoms with van der Waals surface area (Å²) in [5.74, 6) is 0.610. The lowest BCUT2D eigenvalue weighted by molar-refractivity contribution is 0.403. The molecule has 1 N–H and O–H groups in total. The number of aromatic nitrogens is 1. The molecule has 0 amide bonds. The van der Waals surface area contributed by atoms with E-state index in [9.17, 15) is 4.21 Å². The van der Waals surface area contributed by atoms with Crippen molar-refractivity contribution in [2.45, 2.75) is 38.5 Å². The van der Waals surface area contributed by atoms with Crippen LogP contribution in [0.2, 0.25) is 0 Å². The summed E-state index contributed by atoms with van der Waals surface area (Å²) in [5.41, 5.74) is 1.02. The fourth-order valence-corrected chi connectivity index (χ4v) is 2.90. The van der Waals surface area contributed by atoms with Crippen LogP contribution in [0.5, 0.6) is 5.88 Å². The van der Waals surface area contributed by atoms with Gasteiger partial charge in [-0.25, -0.2) is 13.9 Å². The first-order valence-corrected chi connectivity index (χ1v) is 8.09. The van der Waals surface area contributed by atoms with E-state index in [-0.39, 0.29) is 10.8 Å². The van der Waals surface area contributed by atoms with Crippen molar-refractivity contribution in [2.75, 3.05) is 7.11 Å². The lowest BCUT2D eigenvalue weighted by atomic mass is 10.0. The predicted octanol–water partition coefficient (Wildman–Crippen LogP) is 3.36. The molecule has 4 nitrogen and oxygen atoms in total. The first kappa shape index (κ1) is 15.9. The van der Waals surface area contributed by atoms with E-state index in [1.165, 1.54) is 0 Å². The van der Waals surface area contributed by atoms with Crippen molar-refractivity contribution in [3.05, 3.63) is 36.0 Å². The van der Waals surface area contributed by atoms with Crippen LogP contribution in [0.3, 0.4) is 0 Å². The quantitative estimate of drug-likeness (QED) is 0.942. The number of nitrogens with zero attached hydrogens (tertiary/aromatic N) is 1. The summed E-state index contributed by atoms with van der Waals surface area (Å²) >= 11 is 0. The van der Waals surface area contributed by atoms with Gasteiger partial charge in [-0.3, -0.25) is 0 Å². The highest BCUT2D eigenvalue weighted by molar-refractivity contribution is 7.84. The molecular weight excluding hydrogens is 284 g/mol. The fraction of sp³-hybridized carbons (Fsp3) is 0.438. The smallest absolute Gasteiger partial charge is 0.221 e. The molecule has 21 heavy (non-hydrogen) atoms. The summed E-state index contributed by atoms with van der Waals surface area (Å²) in [6, 6.07) is 7.90. The molecule has 2 rings (SSSR count). The lowest BCUT2D eigenvalue weighted by Gasteiger charge is -2.23. The maximum absolute atomic E-state index is 12.3. The number of benzene rings is 1. The Morgan fingerprint density at radius 3 is 2.43 bits per heavy atom. The molecule has 2 atom stereocenters. The van der Waals surface area contributed by atoms with Crippen LogP contribution < -0.4 is 9.46 Å². The zero-order valence-corrected chi connectivity index (χ0v) is 14.0. The minimum absolute atomic E-state index is 0.0617. The monoisotopic (exact) mass is 306 g/mol. The standard InChI is InChI=1S/C16H22N2O2S/c1-11(18-21(19)16(2,3)4)14-10-17-15(20-5)13-9-7-6-8-12(13)14/h6-11,18H,1-5H3/t11?,21-/m0/s1. The van der Waals surface area contributed by atoms with Gasteiger partial charge in [-0.15, -0.1) is 0 Å². The molecule has 1 unspecified atom stereocenters. The summed E-state index contributed by atoms with van der Waals surface area (Å²) in [7, 11) is 0.489. The average Bonchev–Trinajstić information content (AvgIpc) is 2.44. The number of pyridine rings is 1.